The van der Waals surface area contributed by atoms with Crippen LogP contribution in [0.15, 0.2) is 0 Å². The average molecular weight is 317 g/mol. The Morgan fingerprint density at radius 3 is 2.38 bits per heavy atom. The largest absolute Gasteiger partial charge is 0.368 e. The lowest BCUT2D eigenvalue weighted by Crippen LogP contribution is -2.52. The average Bonchev–Trinajstić information content (AvgIpc) is 2.55. The molecule has 5 heteroatoms. The van der Waals surface area contributed by atoms with Crippen molar-refractivity contribution in [1.82, 2.24) is 10.2 Å². The first kappa shape index (κ1) is 17.4. The highest BCUT2D eigenvalue weighted by Crippen LogP contribution is 2.42. The van der Waals surface area contributed by atoms with E-state index >= 15 is 0 Å². The first-order valence-electron chi connectivity index (χ1n) is 8.27. The van der Waals surface area contributed by atoms with E-state index in [2.05, 4.69) is 44.8 Å². The number of nitrogens with zero attached hydrogens (tertiary/aromatic N) is 1. The zero-order chi connectivity index (χ0) is 15.7. The van der Waals surface area contributed by atoms with Gasteiger partial charge in [-0.2, -0.15) is 0 Å². The van der Waals surface area contributed by atoms with E-state index in [4.69, 9.17) is 4.74 Å². The maximum absolute atomic E-state index is 11.5. The Kier molecular flexibility index (Phi) is 5.50. The second-order valence-corrected chi connectivity index (χ2v) is 9.19. The SMILES string of the molecule is CCCNC1C(CN2CCS(=O)CC2)C(C)(C)OC1(C)C. The third-order valence-electron chi connectivity index (χ3n) is 4.91. The van der Waals surface area contributed by atoms with Crippen molar-refractivity contribution >= 4 is 10.8 Å². The van der Waals surface area contributed by atoms with Crippen molar-refractivity contribution in [2.24, 2.45) is 5.92 Å². The van der Waals surface area contributed by atoms with Gasteiger partial charge in [0, 0.05) is 53.9 Å². The fraction of sp³-hybridized carbons (Fsp3) is 1.00. The van der Waals surface area contributed by atoms with Crippen LogP contribution in [-0.4, -0.2) is 64.0 Å². The molecule has 2 unspecified atom stereocenters. The Balaban J connectivity index is 2.07. The third-order valence-corrected chi connectivity index (χ3v) is 6.19. The Bertz CT molecular complexity index is 374. The van der Waals surface area contributed by atoms with Crippen molar-refractivity contribution in [2.75, 3.05) is 37.7 Å². The summed E-state index contributed by atoms with van der Waals surface area (Å²) in [6.07, 6.45) is 1.14. The van der Waals surface area contributed by atoms with E-state index in [0.717, 1.165) is 44.1 Å². The van der Waals surface area contributed by atoms with E-state index in [-0.39, 0.29) is 11.2 Å². The molecule has 2 rings (SSSR count). The maximum Gasteiger partial charge on any atom is 0.0790 e. The fourth-order valence-electron chi connectivity index (χ4n) is 3.85. The molecule has 2 atom stereocenters. The lowest BCUT2D eigenvalue weighted by atomic mass is 9.82. The summed E-state index contributed by atoms with van der Waals surface area (Å²) in [5.41, 5.74) is -0.256. The summed E-state index contributed by atoms with van der Waals surface area (Å²) in [5, 5.41) is 3.71. The van der Waals surface area contributed by atoms with E-state index in [1.807, 2.05) is 0 Å². The molecule has 4 nitrogen and oxygen atoms in total. The van der Waals surface area contributed by atoms with Crippen molar-refractivity contribution in [3.05, 3.63) is 0 Å². The molecular weight excluding hydrogens is 284 g/mol. The van der Waals surface area contributed by atoms with Crippen LogP contribution in [0.2, 0.25) is 0 Å². The highest BCUT2D eigenvalue weighted by Gasteiger charge is 2.53. The molecule has 2 aliphatic heterocycles. The van der Waals surface area contributed by atoms with Gasteiger partial charge in [0.05, 0.1) is 11.2 Å². The highest BCUT2D eigenvalue weighted by molar-refractivity contribution is 7.85. The van der Waals surface area contributed by atoms with E-state index in [1.165, 1.54) is 0 Å². The maximum atomic E-state index is 11.5. The Morgan fingerprint density at radius 2 is 1.81 bits per heavy atom. The molecule has 1 N–H and O–H groups in total. The van der Waals surface area contributed by atoms with Crippen LogP contribution in [0.5, 0.6) is 0 Å². The minimum atomic E-state index is -0.601. The number of nitrogens with one attached hydrogen (secondary N) is 1. The molecule has 2 heterocycles. The second-order valence-electron chi connectivity index (χ2n) is 7.50. The van der Waals surface area contributed by atoms with Crippen molar-refractivity contribution in [3.63, 3.8) is 0 Å². The molecule has 0 radical (unpaired) electrons. The van der Waals surface area contributed by atoms with Crippen molar-refractivity contribution in [2.45, 2.75) is 58.3 Å². The van der Waals surface area contributed by atoms with Crippen LogP contribution in [0.3, 0.4) is 0 Å². The predicted octanol–water partition coefficient (Wildman–Crippen LogP) is 1.62. The van der Waals surface area contributed by atoms with E-state index in [0.29, 0.717) is 12.0 Å². The predicted molar refractivity (Wildman–Crippen MR) is 89.1 cm³/mol. The zero-order valence-electron chi connectivity index (χ0n) is 14.3. The van der Waals surface area contributed by atoms with Gasteiger partial charge in [-0.15, -0.1) is 0 Å². The number of ether oxygens (including phenoxy) is 1. The molecule has 0 bridgehead atoms. The van der Waals surface area contributed by atoms with Crippen molar-refractivity contribution in [1.29, 1.82) is 0 Å². The first-order valence-corrected chi connectivity index (χ1v) is 9.76. The normalized spacial score (nSPS) is 33.4. The summed E-state index contributed by atoms with van der Waals surface area (Å²) >= 11 is 0. The Hall–Kier alpha value is 0.0300. The van der Waals surface area contributed by atoms with Gasteiger partial charge in [-0.05, 0) is 40.7 Å². The van der Waals surface area contributed by atoms with Gasteiger partial charge in [-0.25, -0.2) is 0 Å². The molecule has 2 fully saturated rings. The number of rotatable bonds is 5. The Morgan fingerprint density at radius 1 is 1.19 bits per heavy atom. The summed E-state index contributed by atoms with van der Waals surface area (Å²) < 4.78 is 17.9. The molecular formula is C16H32N2O2S. The monoisotopic (exact) mass is 316 g/mol. The molecule has 0 aromatic rings. The van der Waals surface area contributed by atoms with Crippen LogP contribution in [0, 0.1) is 5.92 Å². The zero-order valence-corrected chi connectivity index (χ0v) is 15.1. The van der Waals surface area contributed by atoms with Crippen LogP contribution < -0.4 is 5.32 Å². The molecule has 2 saturated heterocycles. The number of hydrogen-bond acceptors (Lipinski definition) is 4. The second kappa shape index (κ2) is 6.65. The lowest BCUT2D eigenvalue weighted by Gasteiger charge is -2.36. The molecule has 124 valence electrons. The minimum absolute atomic E-state index is 0.120. The first-order chi connectivity index (χ1) is 9.76. The van der Waals surface area contributed by atoms with Gasteiger partial charge < -0.3 is 15.0 Å². The highest BCUT2D eigenvalue weighted by atomic mass is 32.2. The number of hydrogen-bond donors (Lipinski definition) is 1. The minimum Gasteiger partial charge on any atom is -0.368 e. The van der Waals surface area contributed by atoms with Crippen LogP contribution in [0.4, 0.5) is 0 Å². The quantitative estimate of drug-likeness (QED) is 0.837. The summed E-state index contributed by atoms with van der Waals surface area (Å²) in [6.45, 7) is 15.0. The smallest absolute Gasteiger partial charge is 0.0790 e. The molecule has 2 aliphatic rings. The van der Waals surface area contributed by atoms with Gasteiger partial charge in [0.15, 0.2) is 0 Å². The van der Waals surface area contributed by atoms with Gasteiger partial charge >= 0.3 is 0 Å². The van der Waals surface area contributed by atoms with Crippen molar-refractivity contribution in [3.8, 4) is 0 Å². The van der Waals surface area contributed by atoms with E-state index < -0.39 is 10.8 Å². The van der Waals surface area contributed by atoms with E-state index in [9.17, 15) is 4.21 Å². The standard InChI is InChI=1S/C16H32N2O2S/c1-6-7-17-14-13(15(2,3)20-16(14,4)5)12-18-8-10-21(19)11-9-18/h13-14,17H,6-12H2,1-5H3. The summed E-state index contributed by atoms with van der Waals surface area (Å²) in [7, 11) is -0.601. The molecule has 21 heavy (non-hydrogen) atoms. The summed E-state index contributed by atoms with van der Waals surface area (Å²) in [5.74, 6) is 2.11. The van der Waals surface area contributed by atoms with Crippen LogP contribution >= 0.6 is 0 Å². The van der Waals surface area contributed by atoms with Gasteiger partial charge in [-0.3, -0.25) is 4.21 Å². The van der Waals surface area contributed by atoms with Gasteiger partial charge in [0.25, 0.3) is 0 Å². The van der Waals surface area contributed by atoms with E-state index in [1.54, 1.807) is 0 Å². The molecule has 0 aromatic heterocycles. The van der Waals surface area contributed by atoms with Crippen LogP contribution in [-0.2, 0) is 15.5 Å². The van der Waals surface area contributed by atoms with Crippen molar-refractivity contribution < 1.29 is 8.95 Å². The molecule has 0 aromatic carbocycles. The molecule has 0 saturated carbocycles. The molecule has 0 amide bonds. The molecule has 0 spiro atoms. The fourth-order valence-corrected chi connectivity index (χ4v) is 4.98. The summed E-state index contributed by atoms with van der Waals surface area (Å²) in [4.78, 5) is 2.47. The van der Waals surface area contributed by atoms with Crippen LogP contribution in [0.1, 0.15) is 41.0 Å². The van der Waals surface area contributed by atoms with Gasteiger partial charge in [-0.1, -0.05) is 6.92 Å². The van der Waals surface area contributed by atoms with Crippen LogP contribution in [0.25, 0.3) is 0 Å². The van der Waals surface area contributed by atoms with Gasteiger partial charge in [0.2, 0.25) is 0 Å². The third kappa shape index (κ3) is 4.06. The molecule has 0 aliphatic carbocycles. The lowest BCUT2D eigenvalue weighted by molar-refractivity contribution is -0.0794. The Labute approximate surface area is 132 Å². The topological polar surface area (TPSA) is 41.6 Å². The summed E-state index contributed by atoms with van der Waals surface area (Å²) in [6, 6.07) is 0.375. The van der Waals surface area contributed by atoms with Gasteiger partial charge in [0.1, 0.15) is 0 Å².